The van der Waals surface area contributed by atoms with E-state index in [1.54, 1.807) is 19.1 Å². The van der Waals surface area contributed by atoms with Gasteiger partial charge in [-0.1, -0.05) is 5.16 Å². The van der Waals surface area contributed by atoms with Gasteiger partial charge in [-0.05, 0) is 36.3 Å². The topological polar surface area (TPSA) is 111 Å². The third-order valence-electron chi connectivity index (χ3n) is 2.29. The second kappa shape index (κ2) is 4.66. The Morgan fingerprint density at radius 1 is 1.22 bits per heavy atom. The molecule has 0 bridgehead atoms. The molecule has 3 N–H and O–H groups in total. The van der Waals surface area contributed by atoms with Crippen LogP contribution in [-0.2, 0) is 0 Å². The lowest BCUT2D eigenvalue weighted by Gasteiger charge is -2.03. The van der Waals surface area contributed by atoms with E-state index >= 15 is 0 Å². The predicted octanol–water partition coefficient (Wildman–Crippen LogP) is 0.729. The van der Waals surface area contributed by atoms with E-state index in [4.69, 9.17) is 5.73 Å². The second-order valence-electron chi connectivity index (χ2n) is 3.59. The zero-order valence-corrected chi connectivity index (χ0v) is 9.51. The quantitative estimate of drug-likeness (QED) is 0.829. The lowest BCUT2D eigenvalue weighted by Crippen LogP contribution is -2.14. The van der Waals surface area contributed by atoms with E-state index in [1.165, 1.54) is 12.1 Å². The summed E-state index contributed by atoms with van der Waals surface area (Å²) in [5, 5.41) is 9.59. The molecule has 1 heterocycles. The zero-order chi connectivity index (χ0) is 13.1. The van der Waals surface area contributed by atoms with Gasteiger partial charge in [0, 0.05) is 11.3 Å². The van der Waals surface area contributed by atoms with Crippen molar-refractivity contribution in [1.82, 2.24) is 10.3 Å². The van der Waals surface area contributed by atoms with Crippen LogP contribution in [0.1, 0.15) is 26.5 Å². The molecule has 0 saturated heterocycles. The van der Waals surface area contributed by atoms with Gasteiger partial charge in [-0.3, -0.25) is 9.59 Å². The van der Waals surface area contributed by atoms with Gasteiger partial charge in [0.15, 0.2) is 5.69 Å². The molecular weight excluding hydrogens is 236 g/mol. The smallest absolute Gasteiger partial charge is 0.279 e. The minimum Gasteiger partial charge on any atom is -0.366 e. The van der Waals surface area contributed by atoms with Crippen molar-refractivity contribution in [3.8, 4) is 0 Å². The highest BCUT2D eigenvalue weighted by Gasteiger charge is 2.15. The summed E-state index contributed by atoms with van der Waals surface area (Å²) in [5.74, 6) is -0.954. The van der Waals surface area contributed by atoms with Gasteiger partial charge in [-0.25, -0.2) is 4.63 Å². The number of anilines is 1. The molecule has 0 unspecified atom stereocenters. The number of rotatable bonds is 3. The summed E-state index contributed by atoms with van der Waals surface area (Å²) in [5.41, 5.74) is 6.52. The number of nitrogens with zero attached hydrogens (tertiary/aromatic N) is 2. The van der Waals surface area contributed by atoms with Gasteiger partial charge in [-0.15, -0.1) is 0 Å². The number of nitrogens with one attached hydrogen (secondary N) is 1. The minimum absolute atomic E-state index is 0.119. The molecule has 0 aliphatic heterocycles. The van der Waals surface area contributed by atoms with Crippen LogP contribution in [0.5, 0.6) is 0 Å². The van der Waals surface area contributed by atoms with Crippen molar-refractivity contribution in [3.05, 3.63) is 41.2 Å². The largest absolute Gasteiger partial charge is 0.366 e. The molecule has 2 rings (SSSR count). The molecule has 7 heteroatoms. The molecule has 0 fully saturated rings. The number of amides is 2. The van der Waals surface area contributed by atoms with E-state index < -0.39 is 11.8 Å². The fraction of sp³-hybridized carbons (Fsp3) is 0.0909. The monoisotopic (exact) mass is 246 g/mol. The second-order valence-corrected chi connectivity index (χ2v) is 3.59. The summed E-state index contributed by atoms with van der Waals surface area (Å²) in [6.45, 7) is 1.61. The Kier molecular flexibility index (Phi) is 3.05. The molecular formula is C11H10N4O3. The molecule has 2 amide bonds. The number of carbonyl (C=O) groups excluding carboxylic acids is 2. The summed E-state index contributed by atoms with van der Waals surface area (Å²) in [6, 6.07) is 6.18. The highest BCUT2D eigenvalue weighted by Crippen LogP contribution is 2.11. The molecule has 1 aromatic heterocycles. The number of hydrogen-bond donors (Lipinski definition) is 2. The Morgan fingerprint density at radius 3 is 2.39 bits per heavy atom. The van der Waals surface area contributed by atoms with Gasteiger partial charge in [0.2, 0.25) is 5.91 Å². The van der Waals surface area contributed by atoms with E-state index in [0.29, 0.717) is 16.9 Å². The van der Waals surface area contributed by atoms with Crippen LogP contribution in [0.15, 0.2) is 28.9 Å². The number of benzene rings is 1. The van der Waals surface area contributed by atoms with E-state index in [2.05, 4.69) is 20.3 Å². The summed E-state index contributed by atoms with van der Waals surface area (Å²) >= 11 is 0. The maximum atomic E-state index is 11.7. The molecule has 0 atom stereocenters. The molecule has 2 aromatic rings. The summed E-state index contributed by atoms with van der Waals surface area (Å²) in [4.78, 5) is 22.6. The van der Waals surface area contributed by atoms with Crippen molar-refractivity contribution in [3.63, 3.8) is 0 Å². The third kappa shape index (κ3) is 2.34. The Bertz CT molecular complexity index is 589. The number of aryl methyl sites for hydroxylation is 1. The van der Waals surface area contributed by atoms with Crippen molar-refractivity contribution < 1.29 is 14.2 Å². The minimum atomic E-state index is -0.524. The molecule has 0 spiro atoms. The SMILES string of the molecule is Cc1nonc1C(=O)Nc1ccc(C(N)=O)cc1. The summed E-state index contributed by atoms with van der Waals surface area (Å²) in [7, 11) is 0. The van der Waals surface area contributed by atoms with Crippen LogP contribution in [0, 0.1) is 6.92 Å². The van der Waals surface area contributed by atoms with Crippen LogP contribution in [0.2, 0.25) is 0 Å². The van der Waals surface area contributed by atoms with Crippen LogP contribution in [0.3, 0.4) is 0 Å². The molecule has 0 aliphatic carbocycles. The van der Waals surface area contributed by atoms with Gasteiger partial charge in [0.05, 0.1) is 0 Å². The van der Waals surface area contributed by atoms with Gasteiger partial charge in [-0.2, -0.15) is 0 Å². The van der Waals surface area contributed by atoms with E-state index in [0.717, 1.165) is 0 Å². The lowest BCUT2D eigenvalue weighted by molar-refractivity contribution is 0.0997. The van der Waals surface area contributed by atoms with E-state index in [9.17, 15) is 9.59 Å². The van der Waals surface area contributed by atoms with Crippen LogP contribution in [0.25, 0.3) is 0 Å². The standard InChI is InChI=1S/C11H10N4O3/c1-6-9(15-18-14-6)11(17)13-8-4-2-7(3-5-8)10(12)16/h2-5H,1H3,(H2,12,16)(H,13,17). The van der Waals surface area contributed by atoms with E-state index in [1.807, 2.05) is 0 Å². The summed E-state index contributed by atoms with van der Waals surface area (Å²) < 4.78 is 4.43. The Hall–Kier alpha value is -2.70. The van der Waals surface area contributed by atoms with Crippen LogP contribution in [0.4, 0.5) is 5.69 Å². The van der Waals surface area contributed by atoms with Gasteiger partial charge in [0.1, 0.15) is 5.69 Å². The molecule has 0 radical (unpaired) electrons. The molecule has 92 valence electrons. The highest BCUT2D eigenvalue weighted by molar-refractivity contribution is 6.03. The van der Waals surface area contributed by atoms with Crippen LogP contribution in [-0.4, -0.2) is 22.1 Å². The van der Waals surface area contributed by atoms with Crippen molar-refractivity contribution in [2.45, 2.75) is 6.92 Å². The first-order valence-electron chi connectivity index (χ1n) is 5.08. The predicted molar refractivity (Wildman–Crippen MR) is 61.9 cm³/mol. The highest BCUT2D eigenvalue weighted by atomic mass is 16.6. The fourth-order valence-electron chi connectivity index (χ4n) is 1.35. The average Bonchev–Trinajstić information content (AvgIpc) is 2.76. The van der Waals surface area contributed by atoms with Gasteiger partial charge >= 0.3 is 0 Å². The first-order valence-corrected chi connectivity index (χ1v) is 5.08. The van der Waals surface area contributed by atoms with Gasteiger partial charge in [0.25, 0.3) is 5.91 Å². The first-order chi connectivity index (χ1) is 8.58. The molecule has 0 saturated carbocycles. The Morgan fingerprint density at radius 2 is 1.89 bits per heavy atom. The van der Waals surface area contributed by atoms with Crippen molar-refractivity contribution in [2.75, 3.05) is 5.32 Å². The third-order valence-corrected chi connectivity index (χ3v) is 2.29. The first kappa shape index (κ1) is 11.8. The molecule has 18 heavy (non-hydrogen) atoms. The maximum Gasteiger partial charge on any atom is 0.279 e. The maximum absolute atomic E-state index is 11.7. The molecule has 0 aliphatic rings. The number of nitrogens with two attached hydrogens (primary N) is 1. The fourth-order valence-corrected chi connectivity index (χ4v) is 1.35. The number of carbonyl (C=O) groups is 2. The van der Waals surface area contributed by atoms with Crippen LogP contribution >= 0.6 is 0 Å². The van der Waals surface area contributed by atoms with Crippen molar-refractivity contribution >= 4 is 17.5 Å². The zero-order valence-electron chi connectivity index (χ0n) is 9.51. The normalized spacial score (nSPS) is 10.1. The average molecular weight is 246 g/mol. The number of aromatic nitrogens is 2. The number of hydrogen-bond acceptors (Lipinski definition) is 5. The van der Waals surface area contributed by atoms with Crippen molar-refractivity contribution in [1.29, 1.82) is 0 Å². The molecule has 7 nitrogen and oxygen atoms in total. The Balaban J connectivity index is 2.13. The lowest BCUT2D eigenvalue weighted by atomic mass is 10.2. The Labute approximate surface area is 102 Å². The van der Waals surface area contributed by atoms with E-state index in [-0.39, 0.29) is 5.69 Å². The van der Waals surface area contributed by atoms with Crippen molar-refractivity contribution in [2.24, 2.45) is 5.73 Å². The molecule has 1 aromatic carbocycles. The number of primary amides is 1. The summed E-state index contributed by atoms with van der Waals surface area (Å²) in [6.07, 6.45) is 0. The van der Waals surface area contributed by atoms with Crippen LogP contribution < -0.4 is 11.1 Å². The van der Waals surface area contributed by atoms with Gasteiger partial charge < -0.3 is 11.1 Å².